The van der Waals surface area contributed by atoms with Crippen LogP contribution in [-0.4, -0.2) is 24.1 Å². The molecule has 2 rings (SSSR count). The summed E-state index contributed by atoms with van der Waals surface area (Å²) in [5.41, 5.74) is 6.31. The van der Waals surface area contributed by atoms with Crippen molar-refractivity contribution in [2.24, 2.45) is 0 Å². The van der Waals surface area contributed by atoms with Gasteiger partial charge in [-0.3, -0.25) is 0 Å². The summed E-state index contributed by atoms with van der Waals surface area (Å²) in [4.78, 5) is 9.86. The minimum atomic E-state index is -0.296. The molecule has 0 radical (unpaired) electrons. The maximum absolute atomic E-state index is 13.2. The minimum absolute atomic E-state index is 0.167. The van der Waals surface area contributed by atoms with Gasteiger partial charge in [0.05, 0.1) is 0 Å². The first-order valence-electron chi connectivity index (χ1n) is 5.42. The molecule has 0 spiro atoms. The molecule has 1 heterocycles. The molecule has 0 fully saturated rings. The monoisotopic (exact) mass is 247 g/mol. The van der Waals surface area contributed by atoms with Gasteiger partial charge in [0.15, 0.2) is 0 Å². The second-order valence-electron chi connectivity index (χ2n) is 3.76. The predicted octanol–water partition coefficient (Wildman–Crippen LogP) is 2.01. The number of hydrogen-bond donors (Lipinski definition) is 2. The van der Waals surface area contributed by atoms with Gasteiger partial charge in [-0.05, 0) is 18.2 Å². The second kappa shape index (κ2) is 4.87. The van der Waals surface area contributed by atoms with Gasteiger partial charge < -0.3 is 16.0 Å². The Morgan fingerprint density at radius 3 is 2.72 bits per heavy atom. The SMILES string of the molecule is CNc1cc(N(C)c2cccc(F)c2)nc(N)n1. The van der Waals surface area contributed by atoms with Gasteiger partial charge in [0.25, 0.3) is 0 Å². The molecule has 0 amide bonds. The third kappa shape index (κ3) is 2.48. The van der Waals surface area contributed by atoms with Gasteiger partial charge in [0.2, 0.25) is 5.95 Å². The highest BCUT2D eigenvalue weighted by Gasteiger charge is 2.09. The quantitative estimate of drug-likeness (QED) is 0.868. The van der Waals surface area contributed by atoms with E-state index in [1.807, 2.05) is 0 Å². The van der Waals surface area contributed by atoms with Gasteiger partial charge in [0, 0.05) is 25.8 Å². The zero-order valence-corrected chi connectivity index (χ0v) is 10.2. The molecular weight excluding hydrogens is 233 g/mol. The lowest BCUT2D eigenvalue weighted by Gasteiger charge is -2.19. The number of aromatic nitrogens is 2. The molecule has 0 atom stereocenters. The average molecular weight is 247 g/mol. The maximum atomic E-state index is 13.2. The third-order valence-corrected chi connectivity index (χ3v) is 2.53. The molecule has 0 unspecified atom stereocenters. The van der Waals surface area contributed by atoms with Crippen molar-refractivity contribution in [1.82, 2.24) is 9.97 Å². The number of nitrogens with two attached hydrogens (primary N) is 1. The van der Waals surface area contributed by atoms with E-state index in [-0.39, 0.29) is 11.8 Å². The van der Waals surface area contributed by atoms with Crippen LogP contribution >= 0.6 is 0 Å². The molecule has 2 aromatic rings. The number of benzene rings is 1. The van der Waals surface area contributed by atoms with E-state index in [0.717, 1.165) is 0 Å². The Bertz CT molecular complexity index is 558. The number of anilines is 4. The number of nitrogens with one attached hydrogen (secondary N) is 1. The Labute approximate surface area is 104 Å². The standard InChI is InChI=1S/C12H14FN5/c1-15-10-7-11(17-12(14)16-10)18(2)9-5-3-4-8(13)6-9/h3-7H,1-2H3,(H3,14,15,16,17). The lowest BCUT2D eigenvalue weighted by Crippen LogP contribution is -2.13. The molecule has 0 saturated heterocycles. The zero-order valence-electron chi connectivity index (χ0n) is 10.2. The minimum Gasteiger partial charge on any atom is -0.373 e. The summed E-state index contributed by atoms with van der Waals surface area (Å²) in [6, 6.07) is 7.99. The summed E-state index contributed by atoms with van der Waals surface area (Å²) in [6.45, 7) is 0. The van der Waals surface area contributed by atoms with Crippen LogP contribution in [0.4, 0.5) is 27.7 Å². The Hall–Kier alpha value is -2.37. The van der Waals surface area contributed by atoms with Crippen LogP contribution < -0.4 is 16.0 Å². The van der Waals surface area contributed by atoms with Crippen LogP contribution in [0.5, 0.6) is 0 Å². The second-order valence-corrected chi connectivity index (χ2v) is 3.76. The van der Waals surface area contributed by atoms with Crippen LogP contribution in [0.2, 0.25) is 0 Å². The molecule has 94 valence electrons. The van der Waals surface area contributed by atoms with Gasteiger partial charge in [-0.15, -0.1) is 0 Å². The number of halogens is 1. The number of hydrogen-bond acceptors (Lipinski definition) is 5. The molecule has 1 aromatic carbocycles. The molecule has 0 aliphatic carbocycles. The van der Waals surface area contributed by atoms with Crippen molar-refractivity contribution in [3.63, 3.8) is 0 Å². The Kier molecular flexibility index (Phi) is 3.27. The summed E-state index contributed by atoms with van der Waals surface area (Å²) >= 11 is 0. The van der Waals surface area contributed by atoms with Crippen molar-refractivity contribution in [2.75, 3.05) is 30.0 Å². The van der Waals surface area contributed by atoms with Gasteiger partial charge in [-0.25, -0.2) is 4.39 Å². The van der Waals surface area contributed by atoms with E-state index in [9.17, 15) is 4.39 Å². The van der Waals surface area contributed by atoms with Crippen molar-refractivity contribution in [2.45, 2.75) is 0 Å². The number of nitrogens with zero attached hydrogens (tertiary/aromatic N) is 3. The average Bonchev–Trinajstić information content (AvgIpc) is 2.37. The van der Waals surface area contributed by atoms with Crippen molar-refractivity contribution < 1.29 is 4.39 Å². The van der Waals surface area contributed by atoms with Gasteiger partial charge >= 0.3 is 0 Å². The molecule has 6 heteroatoms. The van der Waals surface area contributed by atoms with E-state index < -0.39 is 0 Å². The van der Waals surface area contributed by atoms with Crippen LogP contribution in [0.3, 0.4) is 0 Å². The highest BCUT2D eigenvalue weighted by molar-refractivity contribution is 5.62. The molecule has 1 aromatic heterocycles. The van der Waals surface area contributed by atoms with Crippen molar-refractivity contribution in [3.8, 4) is 0 Å². The molecule has 0 bridgehead atoms. The van der Waals surface area contributed by atoms with Gasteiger partial charge in [0.1, 0.15) is 17.5 Å². The summed E-state index contributed by atoms with van der Waals surface area (Å²) in [5.74, 6) is 1.08. The lowest BCUT2D eigenvalue weighted by molar-refractivity contribution is 0.628. The largest absolute Gasteiger partial charge is 0.373 e. The molecule has 0 aliphatic rings. The van der Waals surface area contributed by atoms with E-state index in [2.05, 4.69) is 15.3 Å². The summed E-state index contributed by atoms with van der Waals surface area (Å²) in [5, 5.41) is 2.89. The molecule has 18 heavy (non-hydrogen) atoms. The first-order chi connectivity index (χ1) is 8.60. The number of rotatable bonds is 3. The number of nitrogen functional groups attached to an aromatic ring is 1. The van der Waals surface area contributed by atoms with Crippen molar-refractivity contribution in [1.29, 1.82) is 0 Å². The van der Waals surface area contributed by atoms with E-state index in [0.29, 0.717) is 17.3 Å². The highest BCUT2D eigenvalue weighted by atomic mass is 19.1. The van der Waals surface area contributed by atoms with E-state index in [1.54, 1.807) is 37.2 Å². The third-order valence-electron chi connectivity index (χ3n) is 2.53. The fourth-order valence-corrected chi connectivity index (χ4v) is 1.57. The van der Waals surface area contributed by atoms with Crippen LogP contribution in [0.25, 0.3) is 0 Å². The maximum Gasteiger partial charge on any atom is 0.223 e. The smallest absolute Gasteiger partial charge is 0.223 e. The van der Waals surface area contributed by atoms with E-state index in [1.165, 1.54) is 12.1 Å². The molecule has 3 N–H and O–H groups in total. The Morgan fingerprint density at radius 2 is 2.06 bits per heavy atom. The first kappa shape index (κ1) is 12.1. The van der Waals surface area contributed by atoms with Crippen LogP contribution in [0, 0.1) is 5.82 Å². The summed E-state index contributed by atoms with van der Waals surface area (Å²) in [7, 11) is 3.53. The molecule has 0 aliphatic heterocycles. The zero-order chi connectivity index (χ0) is 13.1. The Balaban J connectivity index is 2.39. The Morgan fingerprint density at radius 1 is 1.28 bits per heavy atom. The summed E-state index contributed by atoms with van der Waals surface area (Å²) in [6.07, 6.45) is 0. The van der Waals surface area contributed by atoms with Crippen LogP contribution in [-0.2, 0) is 0 Å². The lowest BCUT2D eigenvalue weighted by atomic mass is 10.3. The van der Waals surface area contributed by atoms with Crippen molar-refractivity contribution >= 4 is 23.3 Å². The van der Waals surface area contributed by atoms with Gasteiger partial charge in [-0.2, -0.15) is 9.97 Å². The first-order valence-corrected chi connectivity index (χ1v) is 5.42. The van der Waals surface area contributed by atoms with Gasteiger partial charge in [-0.1, -0.05) is 6.07 Å². The highest BCUT2D eigenvalue weighted by Crippen LogP contribution is 2.24. The normalized spacial score (nSPS) is 10.2. The molecular formula is C12H14FN5. The van der Waals surface area contributed by atoms with E-state index >= 15 is 0 Å². The fourth-order valence-electron chi connectivity index (χ4n) is 1.57. The van der Waals surface area contributed by atoms with Crippen LogP contribution in [0.15, 0.2) is 30.3 Å². The van der Waals surface area contributed by atoms with Crippen molar-refractivity contribution in [3.05, 3.63) is 36.1 Å². The fraction of sp³-hybridized carbons (Fsp3) is 0.167. The predicted molar refractivity (Wildman–Crippen MR) is 70.5 cm³/mol. The summed E-state index contributed by atoms with van der Waals surface area (Å²) < 4.78 is 13.2. The molecule has 0 saturated carbocycles. The topological polar surface area (TPSA) is 67.1 Å². The van der Waals surface area contributed by atoms with Crippen LogP contribution in [0.1, 0.15) is 0 Å². The molecule has 5 nitrogen and oxygen atoms in total. The van der Waals surface area contributed by atoms with E-state index in [4.69, 9.17) is 5.73 Å².